The van der Waals surface area contributed by atoms with Crippen LogP contribution in [0.3, 0.4) is 0 Å². The largest absolute Gasteiger partial charge is 0.405 e. The summed E-state index contributed by atoms with van der Waals surface area (Å²) in [5.74, 6) is 0.363. The van der Waals surface area contributed by atoms with Crippen molar-refractivity contribution >= 4 is 5.82 Å². The van der Waals surface area contributed by atoms with E-state index in [-0.39, 0.29) is 6.54 Å². The fraction of sp³-hybridized carbons (Fsp3) is 0.545. The van der Waals surface area contributed by atoms with E-state index in [0.29, 0.717) is 17.9 Å². The van der Waals surface area contributed by atoms with Gasteiger partial charge in [-0.05, 0) is 31.0 Å². The van der Waals surface area contributed by atoms with Crippen molar-refractivity contribution in [1.82, 2.24) is 4.98 Å². The molecule has 0 fully saturated rings. The van der Waals surface area contributed by atoms with Crippen LogP contribution in [0.15, 0.2) is 12.3 Å². The third-order valence-electron chi connectivity index (χ3n) is 2.39. The van der Waals surface area contributed by atoms with Gasteiger partial charge in [-0.25, -0.2) is 4.98 Å². The third-order valence-corrected chi connectivity index (χ3v) is 2.39. The standard InChI is InChI=1S/C11H16F3N3/c1-3-17(7-11(12,13)14)10-8(2)4-9(5-15)6-16-10/h4,6H,3,5,7,15H2,1-2H3. The fourth-order valence-electron chi connectivity index (χ4n) is 1.62. The molecule has 0 unspecified atom stereocenters. The van der Waals surface area contributed by atoms with Gasteiger partial charge in [0.25, 0.3) is 0 Å². The third kappa shape index (κ3) is 3.89. The van der Waals surface area contributed by atoms with Gasteiger partial charge in [0.15, 0.2) is 0 Å². The molecule has 6 heteroatoms. The number of hydrogen-bond acceptors (Lipinski definition) is 3. The van der Waals surface area contributed by atoms with Crippen LogP contribution in [-0.2, 0) is 6.54 Å². The fourth-order valence-corrected chi connectivity index (χ4v) is 1.62. The Kier molecular flexibility index (Phi) is 4.34. The Morgan fingerprint density at radius 1 is 1.41 bits per heavy atom. The van der Waals surface area contributed by atoms with E-state index in [1.807, 2.05) is 0 Å². The maximum atomic E-state index is 12.4. The van der Waals surface area contributed by atoms with Crippen LogP contribution in [-0.4, -0.2) is 24.2 Å². The number of aryl methyl sites for hydroxylation is 1. The van der Waals surface area contributed by atoms with Crippen molar-refractivity contribution in [2.24, 2.45) is 5.73 Å². The smallest absolute Gasteiger partial charge is 0.348 e. The Balaban J connectivity index is 2.96. The van der Waals surface area contributed by atoms with Crippen LogP contribution < -0.4 is 10.6 Å². The van der Waals surface area contributed by atoms with E-state index < -0.39 is 12.7 Å². The summed E-state index contributed by atoms with van der Waals surface area (Å²) in [6.45, 7) is 3.01. The van der Waals surface area contributed by atoms with E-state index in [1.54, 1.807) is 19.9 Å². The van der Waals surface area contributed by atoms with Gasteiger partial charge in [-0.1, -0.05) is 0 Å². The predicted octanol–water partition coefficient (Wildman–Crippen LogP) is 2.24. The Bertz CT molecular complexity index is 377. The molecule has 0 radical (unpaired) electrons. The van der Waals surface area contributed by atoms with Gasteiger partial charge < -0.3 is 10.6 Å². The van der Waals surface area contributed by atoms with Crippen molar-refractivity contribution in [2.75, 3.05) is 18.0 Å². The van der Waals surface area contributed by atoms with Crippen LogP contribution in [0.1, 0.15) is 18.1 Å². The van der Waals surface area contributed by atoms with Crippen LogP contribution in [0.4, 0.5) is 19.0 Å². The number of hydrogen-bond donors (Lipinski definition) is 1. The molecule has 17 heavy (non-hydrogen) atoms. The first-order chi connectivity index (χ1) is 7.87. The summed E-state index contributed by atoms with van der Waals surface area (Å²) in [5.41, 5.74) is 6.97. The lowest BCUT2D eigenvalue weighted by Crippen LogP contribution is -2.35. The van der Waals surface area contributed by atoms with Gasteiger partial charge in [0, 0.05) is 19.3 Å². The summed E-state index contributed by atoms with van der Waals surface area (Å²) >= 11 is 0. The molecule has 0 aliphatic rings. The summed E-state index contributed by atoms with van der Waals surface area (Å²) in [7, 11) is 0. The molecule has 0 saturated heterocycles. The monoisotopic (exact) mass is 247 g/mol. The molecule has 0 atom stereocenters. The number of pyridine rings is 1. The van der Waals surface area contributed by atoms with Crippen LogP contribution in [0.2, 0.25) is 0 Å². The van der Waals surface area contributed by atoms with Crippen LogP contribution in [0.5, 0.6) is 0 Å². The zero-order chi connectivity index (χ0) is 13.1. The molecule has 1 heterocycles. The van der Waals surface area contributed by atoms with E-state index in [4.69, 9.17) is 5.73 Å². The lowest BCUT2D eigenvalue weighted by molar-refractivity contribution is -0.119. The van der Waals surface area contributed by atoms with Gasteiger partial charge in [-0.2, -0.15) is 13.2 Å². The molecule has 0 aliphatic heterocycles. The van der Waals surface area contributed by atoms with Gasteiger partial charge in [0.05, 0.1) is 0 Å². The maximum absolute atomic E-state index is 12.4. The number of anilines is 1. The highest BCUT2D eigenvalue weighted by molar-refractivity contribution is 5.47. The molecule has 0 aromatic carbocycles. The Morgan fingerprint density at radius 2 is 2.06 bits per heavy atom. The van der Waals surface area contributed by atoms with Crippen molar-refractivity contribution in [3.63, 3.8) is 0 Å². The quantitative estimate of drug-likeness (QED) is 0.887. The van der Waals surface area contributed by atoms with Crippen molar-refractivity contribution in [3.05, 3.63) is 23.4 Å². The molecule has 0 saturated carbocycles. The minimum absolute atomic E-state index is 0.259. The molecule has 0 aliphatic carbocycles. The minimum Gasteiger partial charge on any atom is -0.348 e. The normalized spacial score (nSPS) is 11.6. The molecule has 2 N–H and O–H groups in total. The predicted molar refractivity (Wildman–Crippen MR) is 60.8 cm³/mol. The van der Waals surface area contributed by atoms with Gasteiger partial charge in [0.1, 0.15) is 12.4 Å². The lowest BCUT2D eigenvalue weighted by atomic mass is 10.2. The first-order valence-corrected chi connectivity index (χ1v) is 5.34. The zero-order valence-corrected chi connectivity index (χ0v) is 9.88. The summed E-state index contributed by atoms with van der Waals surface area (Å²) < 4.78 is 37.1. The van der Waals surface area contributed by atoms with Gasteiger partial charge in [-0.15, -0.1) is 0 Å². The maximum Gasteiger partial charge on any atom is 0.405 e. The number of aromatic nitrogens is 1. The molecule has 3 nitrogen and oxygen atoms in total. The van der Waals surface area contributed by atoms with Gasteiger partial charge >= 0.3 is 6.18 Å². The number of halogens is 3. The van der Waals surface area contributed by atoms with E-state index >= 15 is 0 Å². The van der Waals surface area contributed by atoms with E-state index in [9.17, 15) is 13.2 Å². The van der Waals surface area contributed by atoms with Crippen molar-refractivity contribution < 1.29 is 13.2 Å². The molecule has 1 rings (SSSR count). The Morgan fingerprint density at radius 3 is 2.47 bits per heavy atom. The summed E-state index contributed by atoms with van der Waals surface area (Å²) in [5, 5.41) is 0. The summed E-state index contributed by atoms with van der Waals surface area (Å²) in [6, 6.07) is 1.77. The molecule has 1 aromatic rings. The van der Waals surface area contributed by atoms with Crippen molar-refractivity contribution in [2.45, 2.75) is 26.6 Å². The second kappa shape index (κ2) is 5.35. The number of alkyl halides is 3. The van der Waals surface area contributed by atoms with Crippen molar-refractivity contribution in [3.8, 4) is 0 Å². The summed E-state index contributed by atoms with van der Waals surface area (Å²) in [4.78, 5) is 5.25. The average Bonchev–Trinajstić information content (AvgIpc) is 2.24. The highest BCUT2D eigenvalue weighted by Crippen LogP contribution is 2.23. The van der Waals surface area contributed by atoms with Gasteiger partial charge in [-0.3, -0.25) is 0 Å². The number of nitrogens with two attached hydrogens (primary N) is 1. The Hall–Kier alpha value is -1.30. The van der Waals surface area contributed by atoms with Gasteiger partial charge in [0.2, 0.25) is 0 Å². The summed E-state index contributed by atoms with van der Waals surface area (Å²) in [6.07, 6.45) is -2.71. The van der Waals surface area contributed by atoms with E-state index in [0.717, 1.165) is 5.56 Å². The molecule has 1 aromatic heterocycles. The second-order valence-electron chi connectivity index (χ2n) is 3.82. The highest BCUT2D eigenvalue weighted by Gasteiger charge is 2.31. The molecular formula is C11H16F3N3. The molecule has 0 bridgehead atoms. The number of rotatable bonds is 4. The van der Waals surface area contributed by atoms with Crippen LogP contribution in [0.25, 0.3) is 0 Å². The minimum atomic E-state index is -4.23. The topological polar surface area (TPSA) is 42.2 Å². The molecule has 0 spiro atoms. The van der Waals surface area contributed by atoms with Crippen LogP contribution in [0, 0.1) is 6.92 Å². The second-order valence-corrected chi connectivity index (χ2v) is 3.82. The highest BCUT2D eigenvalue weighted by atomic mass is 19.4. The SMILES string of the molecule is CCN(CC(F)(F)F)c1ncc(CN)cc1C. The van der Waals surface area contributed by atoms with Crippen molar-refractivity contribution in [1.29, 1.82) is 0 Å². The first kappa shape index (κ1) is 13.8. The lowest BCUT2D eigenvalue weighted by Gasteiger charge is -2.25. The molecule has 96 valence electrons. The van der Waals surface area contributed by atoms with E-state index in [1.165, 1.54) is 11.1 Å². The average molecular weight is 247 g/mol. The van der Waals surface area contributed by atoms with E-state index in [2.05, 4.69) is 4.98 Å². The Labute approximate surface area is 98.4 Å². The molecular weight excluding hydrogens is 231 g/mol. The molecule has 0 amide bonds. The zero-order valence-electron chi connectivity index (χ0n) is 9.88. The first-order valence-electron chi connectivity index (χ1n) is 5.34. The number of nitrogens with zero attached hydrogens (tertiary/aromatic N) is 2. The van der Waals surface area contributed by atoms with Crippen LogP contribution >= 0.6 is 0 Å².